The van der Waals surface area contributed by atoms with E-state index in [1.807, 2.05) is 6.07 Å². The number of rotatable bonds is 2. The number of nitrogens with zero attached hydrogens (tertiary/aromatic N) is 2. The first-order valence-corrected chi connectivity index (χ1v) is 19.9. The van der Waals surface area contributed by atoms with Gasteiger partial charge < -0.3 is 19.3 Å². The van der Waals surface area contributed by atoms with Gasteiger partial charge in [-0.15, -0.1) is 0 Å². The molecule has 8 aromatic rings. The maximum Gasteiger partial charge on any atom is 0.261 e. The predicted octanol–water partition coefficient (Wildman–Crippen LogP) is 11.0. The third-order valence-electron chi connectivity index (χ3n) is 13.3. The maximum absolute atomic E-state index is 6.99. The zero-order chi connectivity index (χ0) is 37.6. The first-order valence-electron chi connectivity index (χ1n) is 19.9. The monoisotopic (exact) mass is 730 g/mol. The molecule has 4 nitrogen and oxygen atoms in total. The summed E-state index contributed by atoms with van der Waals surface area (Å²) in [6.45, 7) is 4.76. The molecule has 8 aromatic carbocycles. The molecule has 0 radical (unpaired) electrons. The molecule has 1 spiro atoms. The van der Waals surface area contributed by atoms with Crippen LogP contribution in [0.3, 0.4) is 0 Å². The lowest BCUT2D eigenvalue weighted by molar-refractivity contribution is 0.460. The maximum atomic E-state index is 6.99. The molecule has 0 aromatic heterocycles. The zero-order valence-corrected chi connectivity index (χ0v) is 31.5. The van der Waals surface area contributed by atoms with E-state index >= 15 is 0 Å². The number of hydrogen-bond donors (Lipinski definition) is 0. The highest BCUT2D eigenvalue weighted by Crippen LogP contribution is 2.64. The quantitative estimate of drug-likeness (QED) is 0.165. The van der Waals surface area contributed by atoms with Gasteiger partial charge in [-0.05, 0) is 105 Å². The molecule has 268 valence electrons. The first kappa shape index (κ1) is 31.3. The van der Waals surface area contributed by atoms with Gasteiger partial charge in [0.2, 0.25) is 0 Å². The van der Waals surface area contributed by atoms with Crippen molar-refractivity contribution in [3.63, 3.8) is 0 Å². The molecule has 0 amide bonds. The summed E-state index contributed by atoms with van der Waals surface area (Å²) in [5, 5.41) is 0. The highest BCUT2D eigenvalue weighted by Gasteiger charge is 2.53. The van der Waals surface area contributed by atoms with E-state index in [0.717, 1.165) is 51.2 Å². The molecule has 13 rings (SSSR count). The summed E-state index contributed by atoms with van der Waals surface area (Å²) in [5.74, 6) is 3.60. The lowest BCUT2D eigenvalue weighted by Gasteiger charge is -2.51. The lowest BCUT2D eigenvalue weighted by atomic mass is 9.30. The minimum absolute atomic E-state index is 0.0453. The molecule has 5 aliphatic heterocycles. The first-order chi connectivity index (χ1) is 28.0. The van der Waals surface area contributed by atoms with Crippen LogP contribution in [0.25, 0.3) is 0 Å². The second kappa shape index (κ2) is 10.9. The highest BCUT2D eigenvalue weighted by molar-refractivity contribution is 6.99. The largest absolute Gasteiger partial charge is 0.458 e. The SMILES string of the molecule is CC1(C)c2cccc3c2B2c4c(cccc4Oc4cc(N5c6ccccc6C6(c7ccccc7N(c7ccccc7)c7ccccc76)c6ccccc65)cc1c42)O3. The topological polar surface area (TPSA) is 24.9 Å². The van der Waals surface area contributed by atoms with Crippen molar-refractivity contribution in [2.75, 3.05) is 9.80 Å². The van der Waals surface area contributed by atoms with Gasteiger partial charge in [0.05, 0.1) is 33.9 Å². The number of fused-ring (bicyclic) bond motifs is 8. The molecule has 0 aliphatic carbocycles. The summed E-state index contributed by atoms with van der Waals surface area (Å²) in [7, 11) is 0. The fraction of sp³-hybridized carbons (Fsp3) is 0.0769. The molecule has 5 heterocycles. The van der Waals surface area contributed by atoms with Crippen molar-refractivity contribution in [2.24, 2.45) is 0 Å². The van der Waals surface area contributed by atoms with Gasteiger partial charge >= 0.3 is 0 Å². The van der Waals surface area contributed by atoms with Crippen LogP contribution in [-0.4, -0.2) is 6.71 Å². The normalized spacial score (nSPS) is 16.0. The van der Waals surface area contributed by atoms with Crippen molar-refractivity contribution < 1.29 is 9.47 Å². The fourth-order valence-corrected chi connectivity index (χ4v) is 11.1. The smallest absolute Gasteiger partial charge is 0.261 e. The van der Waals surface area contributed by atoms with E-state index in [-0.39, 0.29) is 12.1 Å². The van der Waals surface area contributed by atoms with Gasteiger partial charge in [0.15, 0.2) is 0 Å². The molecule has 0 fully saturated rings. The van der Waals surface area contributed by atoms with Gasteiger partial charge in [-0.1, -0.05) is 123 Å². The minimum Gasteiger partial charge on any atom is -0.458 e. The Hall–Kier alpha value is -6.98. The predicted molar refractivity (Wildman–Crippen MR) is 231 cm³/mol. The Morgan fingerprint density at radius 3 is 1.35 bits per heavy atom. The van der Waals surface area contributed by atoms with Crippen molar-refractivity contribution in [1.82, 2.24) is 0 Å². The van der Waals surface area contributed by atoms with Crippen LogP contribution in [0.2, 0.25) is 0 Å². The fourth-order valence-electron chi connectivity index (χ4n) is 11.1. The van der Waals surface area contributed by atoms with Gasteiger partial charge in [-0.3, -0.25) is 0 Å². The van der Waals surface area contributed by atoms with Crippen LogP contribution in [0.5, 0.6) is 23.0 Å². The Morgan fingerprint density at radius 2 is 0.789 bits per heavy atom. The van der Waals surface area contributed by atoms with Crippen molar-refractivity contribution in [3.8, 4) is 23.0 Å². The van der Waals surface area contributed by atoms with Gasteiger partial charge in [-0.25, -0.2) is 0 Å². The van der Waals surface area contributed by atoms with Crippen molar-refractivity contribution in [3.05, 3.63) is 209 Å². The average molecular weight is 731 g/mol. The molecule has 57 heavy (non-hydrogen) atoms. The Kier molecular flexibility index (Phi) is 5.96. The van der Waals surface area contributed by atoms with Gasteiger partial charge in [0, 0.05) is 22.6 Å². The average Bonchev–Trinajstić information content (AvgIpc) is 3.25. The molecule has 0 bridgehead atoms. The van der Waals surface area contributed by atoms with E-state index in [1.165, 1.54) is 55.7 Å². The van der Waals surface area contributed by atoms with E-state index in [4.69, 9.17) is 9.47 Å². The van der Waals surface area contributed by atoms with Gasteiger partial charge in [0.25, 0.3) is 6.71 Å². The number of hydrogen-bond acceptors (Lipinski definition) is 4. The second-order valence-electron chi connectivity index (χ2n) is 16.4. The molecule has 0 saturated carbocycles. The summed E-state index contributed by atoms with van der Waals surface area (Å²) in [4.78, 5) is 4.92. The third kappa shape index (κ3) is 3.79. The molecule has 0 atom stereocenters. The highest BCUT2D eigenvalue weighted by atomic mass is 16.5. The van der Waals surface area contributed by atoms with E-state index in [1.54, 1.807) is 0 Å². The Balaban J connectivity index is 1.09. The summed E-state index contributed by atoms with van der Waals surface area (Å²) in [6, 6.07) is 64.4. The van der Waals surface area contributed by atoms with Crippen LogP contribution in [-0.2, 0) is 10.8 Å². The number of benzene rings is 8. The molecule has 0 N–H and O–H groups in total. The van der Waals surface area contributed by atoms with Crippen LogP contribution in [0, 0.1) is 0 Å². The van der Waals surface area contributed by atoms with Crippen molar-refractivity contribution in [1.29, 1.82) is 0 Å². The molecule has 0 unspecified atom stereocenters. The van der Waals surface area contributed by atoms with E-state index in [0.29, 0.717) is 0 Å². The van der Waals surface area contributed by atoms with Crippen LogP contribution >= 0.6 is 0 Å². The van der Waals surface area contributed by atoms with Crippen molar-refractivity contribution >= 4 is 57.2 Å². The molecule has 5 heteroatoms. The van der Waals surface area contributed by atoms with Crippen LogP contribution < -0.4 is 35.7 Å². The Bertz CT molecular complexity index is 2950. The van der Waals surface area contributed by atoms with Crippen molar-refractivity contribution in [2.45, 2.75) is 24.7 Å². The minimum atomic E-state index is -0.590. The van der Waals surface area contributed by atoms with Gasteiger partial charge in [0.1, 0.15) is 23.0 Å². The molecular formula is C52H35BN2O2. The number of ether oxygens (including phenoxy) is 2. The standard InChI is InChI=1S/C52H35BN2O2/c1-51(2)38-22-14-27-44-48(38)53-49-39(51)30-33(31-47(49)57-46-29-15-28-45(56-44)50(46)53)55-42-25-12-8-20-36(42)52(37-21-9-13-26-43(37)55)34-18-6-10-23-40(34)54(32-16-4-3-5-17-32)41-24-11-7-19-35(41)52/h3-31H,1-2H3. The van der Waals surface area contributed by atoms with E-state index in [9.17, 15) is 0 Å². The van der Waals surface area contributed by atoms with Crippen LogP contribution in [0.1, 0.15) is 47.2 Å². The summed E-state index contributed by atoms with van der Waals surface area (Å²) >= 11 is 0. The number of para-hydroxylation sites is 5. The third-order valence-corrected chi connectivity index (χ3v) is 13.3. The van der Waals surface area contributed by atoms with E-state index < -0.39 is 5.41 Å². The molecular weight excluding hydrogens is 695 g/mol. The summed E-state index contributed by atoms with van der Waals surface area (Å²) < 4.78 is 13.6. The number of anilines is 6. The Labute approximate surface area is 332 Å². The zero-order valence-electron chi connectivity index (χ0n) is 31.5. The van der Waals surface area contributed by atoms with Gasteiger partial charge in [-0.2, -0.15) is 0 Å². The lowest BCUT2D eigenvalue weighted by Crippen LogP contribution is -2.64. The molecule has 5 aliphatic rings. The second-order valence-corrected chi connectivity index (χ2v) is 16.4. The van der Waals surface area contributed by atoms with Crippen LogP contribution in [0.4, 0.5) is 34.1 Å². The summed E-state index contributed by atoms with van der Waals surface area (Å²) in [6.07, 6.45) is 0. The summed E-state index contributed by atoms with van der Waals surface area (Å²) in [5.41, 5.74) is 17.3. The Morgan fingerprint density at radius 1 is 0.368 bits per heavy atom. The van der Waals surface area contributed by atoms with Crippen LogP contribution in [0.15, 0.2) is 176 Å². The van der Waals surface area contributed by atoms with E-state index in [2.05, 4.69) is 194 Å². The molecule has 0 saturated heterocycles.